The van der Waals surface area contributed by atoms with Crippen molar-refractivity contribution in [3.8, 4) is 0 Å². The second-order valence-corrected chi connectivity index (χ2v) is 8.81. The van der Waals surface area contributed by atoms with Gasteiger partial charge in [-0.2, -0.15) is 0 Å². The number of imidazole rings is 1. The van der Waals surface area contributed by atoms with Crippen LogP contribution in [-0.4, -0.2) is 33.6 Å². The van der Waals surface area contributed by atoms with E-state index in [0.717, 1.165) is 55.0 Å². The number of carbonyl (C=O) groups excluding carboxylic acids is 1. The van der Waals surface area contributed by atoms with Crippen LogP contribution in [0.2, 0.25) is 0 Å². The minimum atomic E-state index is -0.217. The maximum absolute atomic E-state index is 13.2. The summed E-state index contributed by atoms with van der Waals surface area (Å²) in [4.78, 5) is 19.1. The Bertz CT molecular complexity index is 1030. The molecule has 2 heterocycles. The van der Waals surface area contributed by atoms with Crippen LogP contribution in [0.1, 0.15) is 41.1 Å². The van der Waals surface area contributed by atoms with Crippen molar-refractivity contribution < 1.29 is 9.18 Å². The van der Waals surface area contributed by atoms with E-state index in [1.807, 2.05) is 23.2 Å². The number of rotatable bonds is 6. The van der Waals surface area contributed by atoms with Crippen LogP contribution in [0.5, 0.6) is 0 Å². The number of halogens is 1. The maximum Gasteiger partial charge on any atom is 0.317 e. The van der Waals surface area contributed by atoms with E-state index in [9.17, 15) is 9.18 Å². The normalized spacial score (nSPS) is 14.5. The Morgan fingerprint density at radius 1 is 1.03 bits per heavy atom. The standard InChI is InChI=1S/C26H31FN4O/c1-19-3-5-22(6-4-19)17-29-26(32)30-13-11-21(12-14-30)15-25-28-16-20(2)31(25)18-23-7-9-24(27)10-8-23/h3-10,16,21H,11-15,17-18H2,1-2H3,(H,29,32). The molecule has 5 nitrogen and oxygen atoms in total. The summed E-state index contributed by atoms with van der Waals surface area (Å²) >= 11 is 0. The van der Waals surface area contributed by atoms with E-state index in [4.69, 9.17) is 0 Å². The van der Waals surface area contributed by atoms with Crippen molar-refractivity contribution in [1.82, 2.24) is 19.8 Å². The number of hydrogen-bond donors (Lipinski definition) is 1. The number of hydrogen-bond acceptors (Lipinski definition) is 2. The molecule has 0 aliphatic carbocycles. The van der Waals surface area contributed by atoms with Crippen LogP contribution in [0.3, 0.4) is 0 Å². The van der Waals surface area contributed by atoms with Gasteiger partial charge in [0.25, 0.3) is 0 Å². The molecule has 1 aromatic heterocycles. The molecule has 1 saturated heterocycles. The van der Waals surface area contributed by atoms with Crippen molar-refractivity contribution in [3.05, 3.63) is 88.8 Å². The lowest BCUT2D eigenvalue weighted by Crippen LogP contribution is -2.44. The van der Waals surface area contributed by atoms with E-state index < -0.39 is 0 Å². The molecule has 32 heavy (non-hydrogen) atoms. The Kier molecular flexibility index (Phi) is 6.88. The van der Waals surface area contributed by atoms with Gasteiger partial charge in [0.05, 0.1) is 0 Å². The van der Waals surface area contributed by atoms with Crippen molar-refractivity contribution in [3.63, 3.8) is 0 Å². The van der Waals surface area contributed by atoms with E-state index >= 15 is 0 Å². The predicted octanol–water partition coefficient (Wildman–Crippen LogP) is 4.85. The molecule has 1 N–H and O–H groups in total. The summed E-state index contributed by atoms with van der Waals surface area (Å²) in [5, 5.41) is 3.04. The van der Waals surface area contributed by atoms with Crippen LogP contribution in [0.25, 0.3) is 0 Å². The lowest BCUT2D eigenvalue weighted by molar-refractivity contribution is 0.169. The first-order valence-electron chi connectivity index (χ1n) is 11.3. The molecule has 4 rings (SSSR count). The molecule has 1 aliphatic rings. The first-order chi connectivity index (χ1) is 15.5. The molecule has 1 fully saturated rings. The molecule has 1 aliphatic heterocycles. The van der Waals surface area contributed by atoms with Gasteiger partial charge in [-0.05, 0) is 55.9 Å². The number of aromatic nitrogens is 2. The fraction of sp³-hybridized carbons (Fsp3) is 0.385. The maximum atomic E-state index is 13.2. The van der Waals surface area contributed by atoms with Gasteiger partial charge in [0, 0.05) is 44.5 Å². The minimum Gasteiger partial charge on any atom is -0.334 e. The molecule has 0 atom stereocenters. The van der Waals surface area contributed by atoms with Crippen molar-refractivity contribution in [2.75, 3.05) is 13.1 Å². The van der Waals surface area contributed by atoms with Gasteiger partial charge in [-0.3, -0.25) is 0 Å². The minimum absolute atomic E-state index is 0.0117. The molecule has 2 amide bonds. The Hall–Kier alpha value is -3.15. The van der Waals surface area contributed by atoms with Crippen LogP contribution in [-0.2, 0) is 19.5 Å². The number of benzene rings is 2. The number of carbonyl (C=O) groups is 1. The highest BCUT2D eigenvalue weighted by molar-refractivity contribution is 5.74. The number of aryl methyl sites for hydroxylation is 2. The van der Waals surface area contributed by atoms with Gasteiger partial charge in [-0.1, -0.05) is 42.0 Å². The number of likely N-dealkylation sites (tertiary alicyclic amines) is 1. The van der Waals surface area contributed by atoms with Gasteiger partial charge in [-0.15, -0.1) is 0 Å². The van der Waals surface area contributed by atoms with Crippen molar-refractivity contribution in [2.24, 2.45) is 5.92 Å². The number of piperidine rings is 1. The summed E-state index contributed by atoms with van der Waals surface area (Å²) < 4.78 is 15.4. The summed E-state index contributed by atoms with van der Waals surface area (Å²) in [5.74, 6) is 1.35. The van der Waals surface area contributed by atoms with Crippen LogP contribution in [0.4, 0.5) is 9.18 Å². The molecule has 0 spiro atoms. The van der Waals surface area contributed by atoms with Gasteiger partial charge in [0.15, 0.2) is 0 Å². The first-order valence-corrected chi connectivity index (χ1v) is 11.3. The second-order valence-electron chi connectivity index (χ2n) is 8.81. The van der Waals surface area contributed by atoms with E-state index in [-0.39, 0.29) is 11.8 Å². The summed E-state index contributed by atoms with van der Waals surface area (Å²) in [6.07, 6.45) is 4.75. The highest BCUT2D eigenvalue weighted by atomic mass is 19.1. The van der Waals surface area contributed by atoms with Gasteiger partial charge in [0.1, 0.15) is 11.6 Å². The quantitative estimate of drug-likeness (QED) is 0.603. The van der Waals surface area contributed by atoms with Gasteiger partial charge in [-0.25, -0.2) is 14.2 Å². The second kappa shape index (κ2) is 9.98. The largest absolute Gasteiger partial charge is 0.334 e. The van der Waals surface area contributed by atoms with Crippen molar-refractivity contribution in [2.45, 2.75) is 46.2 Å². The molecule has 0 unspecified atom stereocenters. The van der Waals surface area contributed by atoms with Crippen LogP contribution < -0.4 is 5.32 Å². The Balaban J connectivity index is 1.28. The topological polar surface area (TPSA) is 50.2 Å². The summed E-state index contributed by atoms with van der Waals surface area (Å²) in [6, 6.07) is 14.9. The molecule has 0 radical (unpaired) electrons. The van der Waals surface area contributed by atoms with Crippen LogP contribution in [0.15, 0.2) is 54.7 Å². The molecule has 0 saturated carbocycles. The van der Waals surface area contributed by atoms with Crippen molar-refractivity contribution in [1.29, 1.82) is 0 Å². The number of amides is 2. The Morgan fingerprint density at radius 2 is 1.69 bits per heavy atom. The smallest absolute Gasteiger partial charge is 0.317 e. The van der Waals surface area contributed by atoms with Crippen molar-refractivity contribution >= 4 is 6.03 Å². The molecule has 168 valence electrons. The summed E-state index contributed by atoms with van der Waals surface area (Å²) in [6.45, 7) is 6.90. The lowest BCUT2D eigenvalue weighted by atomic mass is 9.93. The third kappa shape index (κ3) is 5.55. The average molecular weight is 435 g/mol. The zero-order valence-corrected chi connectivity index (χ0v) is 18.9. The van der Waals surface area contributed by atoms with Crippen LogP contribution in [0, 0.1) is 25.6 Å². The predicted molar refractivity (Wildman–Crippen MR) is 124 cm³/mol. The molecule has 6 heteroatoms. The number of urea groups is 1. The number of nitrogens with zero attached hydrogens (tertiary/aromatic N) is 3. The third-order valence-electron chi connectivity index (χ3n) is 6.33. The molecule has 2 aromatic carbocycles. The van der Waals surface area contributed by atoms with Gasteiger partial charge < -0.3 is 14.8 Å². The van der Waals surface area contributed by atoms with E-state index in [2.05, 4.69) is 53.0 Å². The molecular formula is C26H31FN4O. The fourth-order valence-electron chi connectivity index (χ4n) is 4.26. The Morgan fingerprint density at radius 3 is 2.38 bits per heavy atom. The fourth-order valence-corrected chi connectivity index (χ4v) is 4.26. The zero-order chi connectivity index (χ0) is 22.5. The first kappa shape index (κ1) is 22.1. The summed E-state index contributed by atoms with van der Waals surface area (Å²) in [7, 11) is 0. The zero-order valence-electron chi connectivity index (χ0n) is 18.9. The van der Waals surface area contributed by atoms with E-state index in [1.54, 1.807) is 0 Å². The van der Waals surface area contributed by atoms with Gasteiger partial charge >= 0.3 is 6.03 Å². The monoisotopic (exact) mass is 434 g/mol. The third-order valence-corrected chi connectivity index (χ3v) is 6.33. The molecule has 3 aromatic rings. The van der Waals surface area contributed by atoms with Crippen LogP contribution >= 0.6 is 0 Å². The molecule has 0 bridgehead atoms. The molecular weight excluding hydrogens is 403 g/mol. The van der Waals surface area contributed by atoms with E-state index in [1.165, 1.54) is 17.7 Å². The number of nitrogens with one attached hydrogen (secondary N) is 1. The van der Waals surface area contributed by atoms with Gasteiger partial charge in [0.2, 0.25) is 0 Å². The summed E-state index contributed by atoms with van der Waals surface area (Å²) in [5.41, 5.74) is 4.50. The average Bonchev–Trinajstić information content (AvgIpc) is 3.14. The highest BCUT2D eigenvalue weighted by Crippen LogP contribution is 2.22. The lowest BCUT2D eigenvalue weighted by Gasteiger charge is -2.32. The van der Waals surface area contributed by atoms with E-state index in [0.29, 0.717) is 19.0 Å². The Labute approximate surface area is 189 Å². The highest BCUT2D eigenvalue weighted by Gasteiger charge is 2.24. The SMILES string of the molecule is Cc1ccc(CNC(=O)N2CCC(Cc3ncc(C)n3Cc3ccc(F)cc3)CC2)cc1.